The molecule has 2 aromatic rings. The van der Waals surface area contributed by atoms with Crippen molar-refractivity contribution in [1.82, 2.24) is 19.6 Å². The number of benzene rings is 1. The Labute approximate surface area is 197 Å². The Bertz CT molecular complexity index is 1060. The lowest BCUT2D eigenvalue weighted by molar-refractivity contribution is -0.274. The summed E-state index contributed by atoms with van der Waals surface area (Å²) in [6.45, 7) is 6.95. The van der Waals surface area contributed by atoms with Crippen LogP contribution in [0, 0.1) is 6.92 Å². The molecule has 3 fully saturated rings. The number of carbonyl (C=O) groups excluding carboxylic acids is 1. The molecule has 3 aliphatic rings. The zero-order chi connectivity index (χ0) is 24.0. The third-order valence-corrected chi connectivity index (χ3v) is 7.34. The minimum absolute atomic E-state index is 0.0132. The van der Waals surface area contributed by atoms with Crippen molar-refractivity contribution < 1.29 is 22.7 Å². The van der Waals surface area contributed by atoms with Crippen LogP contribution in [0.15, 0.2) is 24.3 Å². The molecule has 2 saturated heterocycles. The average Bonchev–Trinajstić information content (AvgIpc) is 3.34. The minimum Gasteiger partial charge on any atom is -0.406 e. The van der Waals surface area contributed by atoms with Crippen LogP contribution in [0.3, 0.4) is 0 Å². The molecule has 1 aromatic carbocycles. The highest BCUT2D eigenvalue weighted by Crippen LogP contribution is 2.44. The van der Waals surface area contributed by atoms with Gasteiger partial charge in [-0.3, -0.25) is 4.79 Å². The van der Waals surface area contributed by atoms with E-state index in [0.717, 1.165) is 44.5 Å². The predicted octanol–water partition coefficient (Wildman–Crippen LogP) is 5.05. The fourth-order valence-corrected chi connectivity index (χ4v) is 5.58. The van der Waals surface area contributed by atoms with Gasteiger partial charge in [-0.05, 0) is 77.6 Å². The maximum atomic E-state index is 13.8. The van der Waals surface area contributed by atoms with Crippen molar-refractivity contribution in [2.45, 2.75) is 76.7 Å². The number of carbonyl (C=O) groups is 1. The van der Waals surface area contributed by atoms with Crippen LogP contribution in [-0.2, 0) is 0 Å². The van der Waals surface area contributed by atoms with Crippen molar-refractivity contribution in [1.29, 1.82) is 0 Å². The summed E-state index contributed by atoms with van der Waals surface area (Å²) in [5.74, 6) is -0.129. The molecule has 5 rings (SSSR count). The summed E-state index contributed by atoms with van der Waals surface area (Å²) in [6, 6.07) is 6.46. The zero-order valence-electron chi connectivity index (χ0n) is 19.6. The molecule has 0 N–H and O–H groups in total. The lowest BCUT2D eigenvalue weighted by Crippen LogP contribution is -2.50. The molecule has 184 valence electrons. The SMILES string of the molecule is Cc1nn(-c2cccc(OC(F)(F)F)c2)c(C2CC2)c1C(=O)N1CCC(N2CCCC2)CC1C. The number of aromatic nitrogens is 2. The number of halogens is 3. The van der Waals surface area contributed by atoms with E-state index in [4.69, 9.17) is 0 Å². The number of likely N-dealkylation sites (tertiary alicyclic amines) is 2. The van der Waals surface area contributed by atoms with E-state index in [2.05, 4.69) is 21.7 Å². The smallest absolute Gasteiger partial charge is 0.406 e. The number of hydrogen-bond donors (Lipinski definition) is 0. The highest BCUT2D eigenvalue weighted by atomic mass is 19.4. The molecule has 0 spiro atoms. The van der Waals surface area contributed by atoms with Gasteiger partial charge in [-0.2, -0.15) is 5.10 Å². The third-order valence-electron chi connectivity index (χ3n) is 7.34. The summed E-state index contributed by atoms with van der Waals surface area (Å²) in [6.07, 6.45) is 1.56. The van der Waals surface area contributed by atoms with Crippen molar-refractivity contribution in [3.8, 4) is 11.4 Å². The number of amides is 1. The Morgan fingerprint density at radius 3 is 2.50 bits per heavy atom. The second-order valence-electron chi connectivity index (χ2n) is 9.85. The standard InChI is InChI=1S/C25H31F3N4O2/c1-16-14-19(30-11-3-4-12-30)10-13-31(16)24(33)22-17(2)29-32(23(22)18-8-9-18)20-6-5-7-21(15-20)34-25(26,27)28/h5-7,15-16,18-19H,3-4,8-14H2,1-2H3. The Morgan fingerprint density at radius 1 is 1.12 bits per heavy atom. The third kappa shape index (κ3) is 4.67. The maximum absolute atomic E-state index is 13.8. The quantitative estimate of drug-likeness (QED) is 0.606. The molecule has 2 atom stereocenters. The number of aryl methyl sites for hydroxylation is 1. The second kappa shape index (κ2) is 8.91. The molecule has 2 unspecified atom stereocenters. The molecule has 3 heterocycles. The van der Waals surface area contributed by atoms with Gasteiger partial charge in [0, 0.05) is 30.6 Å². The van der Waals surface area contributed by atoms with Gasteiger partial charge < -0.3 is 14.5 Å². The van der Waals surface area contributed by atoms with Crippen LogP contribution in [0.5, 0.6) is 5.75 Å². The Morgan fingerprint density at radius 2 is 1.85 bits per heavy atom. The highest BCUT2D eigenvalue weighted by molar-refractivity contribution is 5.97. The molecule has 2 aliphatic heterocycles. The minimum atomic E-state index is -4.77. The zero-order valence-corrected chi connectivity index (χ0v) is 19.6. The van der Waals surface area contributed by atoms with Crippen LogP contribution in [-0.4, -0.2) is 63.6 Å². The van der Waals surface area contributed by atoms with Gasteiger partial charge in [0.05, 0.1) is 22.6 Å². The van der Waals surface area contributed by atoms with E-state index in [-0.39, 0.29) is 23.6 Å². The predicted molar refractivity (Wildman–Crippen MR) is 121 cm³/mol. The van der Waals surface area contributed by atoms with Crippen LogP contribution < -0.4 is 4.74 Å². The molecule has 0 bridgehead atoms. The second-order valence-corrected chi connectivity index (χ2v) is 9.85. The number of alkyl halides is 3. The molecular formula is C25H31F3N4O2. The van der Waals surface area contributed by atoms with E-state index >= 15 is 0 Å². The fraction of sp³-hybridized carbons (Fsp3) is 0.600. The Hall–Kier alpha value is -2.55. The van der Waals surface area contributed by atoms with E-state index in [0.29, 0.717) is 29.5 Å². The Kier molecular flexibility index (Phi) is 6.08. The first kappa shape index (κ1) is 23.2. The summed E-state index contributed by atoms with van der Waals surface area (Å²) >= 11 is 0. The fourth-order valence-electron chi connectivity index (χ4n) is 5.58. The van der Waals surface area contributed by atoms with Gasteiger partial charge in [0.15, 0.2) is 0 Å². The average molecular weight is 477 g/mol. The molecule has 1 saturated carbocycles. The van der Waals surface area contributed by atoms with E-state index in [9.17, 15) is 18.0 Å². The van der Waals surface area contributed by atoms with Gasteiger partial charge in [0.25, 0.3) is 5.91 Å². The number of hydrogen-bond acceptors (Lipinski definition) is 4. The van der Waals surface area contributed by atoms with Crippen LogP contribution in [0.4, 0.5) is 13.2 Å². The molecule has 6 nitrogen and oxygen atoms in total. The molecular weight excluding hydrogens is 445 g/mol. The summed E-state index contributed by atoms with van der Waals surface area (Å²) in [5, 5.41) is 4.62. The summed E-state index contributed by atoms with van der Waals surface area (Å²) in [7, 11) is 0. The van der Waals surface area contributed by atoms with Crippen LogP contribution in [0.2, 0.25) is 0 Å². The molecule has 0 radical (unpaired) electrons. The highest BCUT2D eigenvalue weighted by Gasteiger charge is 2.39. The number of rotatable bonds is 5. The normalized spacial score (nSPS) is 24.0. The first-order valence-electron chi connectivity index (χ1n) is 12.2. The molecule has 1 aliphatic carbocycles. The molecule has 1 aromatic heterocycles. The van der Waals surface area contributed by atoms with Gasteiger partial charge in [0.2, 0.25) is 0 Å². The van der Waals surface area contributed by atoms with Crippen LogP contribution in [0.25, 0.3) is 5.69 Å². The van der Waals surface area contributed by atoms with Gasteiger partial charge in [-0.15, -0.1) is 13.2 Å². The van der Waals surface area contributed by atoms with Crippen molar-refractivity contribution in [2.24, 2.45) is 0 Å². The van der Waals surface area contributed by atoms with Gasteiger partial charge in [-0.1, -0.05) is 6.07 Å². The first-order chi connectivity index (χ1) is 16.2. The monoisotopic (exact) mass is 476 g/mol. The number of nitrogens with zero attached hydrogens (tertiary/aromatic N) is 4. The van der Waals surface area contributed by atoms with Crippen molar-refractivity contribution in [3.63, 3.8) is 0 Å². The van der Waals surface area contributed by atoms with E-state index in [1.54, 1.807) is 10.7 Å². The van der Waals surface area contributed by atoms with Gasteiger partial charge >= 0.3 is 6.36 Å². The lowest BCUT2D eigenvalue weighted by Gasteiger charge is -2.41. The first-order valence-corrected chi connectivity index (χ1v) is 12.2. The Balaban J connectivity index is 1.42. The summed E-state index contributed by atoms with van der Waals surface area (Å²) in [5.41, 5.74) is 2.49. The van der Waals surface area contributed by atoms with Crippen molar-refractivity contribution in [3.05, 3.63) is 41.2 Å². The van der Waals surface area contributed by atoms with Crippen molar-refractivity contribution in [2.75, 3.05) is 19.6 Å². The number of piperidine rings is 1. The topological polar surface area (TPSA) is 50.6 Å². The van der Waals surface area contributed by atoms with E-state index in [1.165, 1.54) is 31.0 Å². The molecule has 1 amide bonds. The van der Waals surface area contributed by atoms with E-state index < -0.39 is 6.36 Å². The number of ether oxygens (including phenoxy) is 1. The summed E-state index contributed by atoms with van der Waals surface area (Å²) < 4.78 is 44.0. The van der Waals surface area contributed by atoms with Crippen LogP contribution >= 0.6 is 0 Å². The van der Waals surface area contributed by atoms with Gasteiger partial charge in [0.1, 0.15) is 5.75 Å². The van der Waals surface area contributed by atoms with Crippen LogP contribution in [0.1, 0.15) is 73.1 Å². The van der Waals surface area contributed by atoms with Gasteiger partial charge in [-0.25, -0.2) is 4.68 Å². The lowest BCUT2D eigenvalue weighted by atomic mass is 9.95. The van der Waals surface area contributed by atoms with E-state index in [1.807, 2.05) is 11.8 Å². The van der Waals surface area contributed by atoms with Crippen molar-refractivity contribution >= 4 is 5.91 Å². The maximum Gasteiger partial charge on any atom is 0.573 e. The largest absolute Gasteiger partial charge is 0.573 e. The molecule has 34 heavy (non-hydrogen) atoms. The molecule has 9 heteroatoms. The summed E-state index contributed by atoms with van der Waals surface area (Å²) in [4.78, 5) is 18.3.